The highest BCUT2D eigenvalue weighted by atomic mass is 16.6. The maximum atomic E-state index is 11.9. The second-order valence-electron chi connectivity index (χ2n) is 6.92. The van der Waals surface area contributed by atoms with Gasteiger partial charge < -0.3 is 34.1 Å². The van der Waals surface area contributed by atoms with Crippen LogP contribution in [0.5, 0.6) is 0 Å². The monoisotopic (exact) mass is 427 g/mol. The molecule has 0 aromatic heterocycles. The molecule has 1 fully saturated rings. The van der Waals surface area contributed by atoms with E-state index in [2.05, 4.69) is 4.74 Å². The molecular formula is C19H25NO10. The summed E-state index contributed by atoms with van der Waals surface area (Å²) in [6.07, 6.45) is 0.366. The average Bonchev–Trinajstić information content (AvgIpc) is 3.01. The number of carboxylic acid groups (broad SMARTS) is 1. The molecule has 0 spiro atoms. The molecule has 2 heterocycles. The van der Waals surface area contributed by atoms with Crippen LogP contribution in [0.3, 0.4) is 0 Å². The molecule has 1 unspecified atom stereocenters. The number of carbonyl (C=O) groups is 4. The molecule has 11 nitrogen and oxygen atoms in total. The summed E-state index contributed by atoms with van der Waals surface area (Å²) in [5.41, 5.74) is 0.135. The lowest BCUT2D eigenvalue weighted by Crippen LogP contribution is -2.40. The minimum Gasteiger partial charge on any atom is -0.478 e. The quantitative estimate of drug-likeness (QED) is 0.396. The van der Waals surface area contributed by atoms with Crippen molar-refractivity contribution in [2.24, 2.45) is 5.92 Å². The SMILES string of the molecule is COC(=O)C[C@H](O)C(=O)OC[C@H]1O[C@@H](N2C=CCC(C(=O)O)=C2)C(OC(C)=O)[C@@H]1C. The van der Waals surface area contributed by atoms with Gasteiger partial charge in [0, 0.05) is 31.7 Å². The zero-order valence-corrected chi connectivity index (χ0v) is 16.8. The molecule has 0 amide bonds. The number of aliphatic carboxylic acids is 1. The third kappa shape index (κ3) is 5.80. The van der Waals surface area contributed by atoms with Crippen LogP contribution in [0, 0.1) is 5.92 Å². The molecule has 0 saturated carbocycles. The number of hydrogen-bond acceptors (Lipinski definition) is 10. The fraction of sp³-hybridized carbons (Fsp3) is 0.579. The van der Waals surface area contributed by atoms with Crippen molar-refractivity contribution in [1.29, 1.82) is 0 Å². The van der Waals surface area contributed by atoms with Crippen LogP contribution in [0.15, 0.2) is 24.0 Å². The molecule has 1 saturated heterocycles. The standard InChI is InChI=1S/C19H25NO10/c1-10-14(9-28-19(26)13(22)7-15(23)27-3)30-17(16(10)29-11(2)21)20-6-4-5-12(8-20)18(24)25/h4,6,8,10,13-14,16-17,22H,5,7,9H2,1-3H3,(H,24,25)/t10-,13+,14-,16?,17-/m1/s1. The maximum absolute atomic E-state index is 11.9. The molecule has 30 heavy (non-hydrogen) atoms. The first-order chi connectivity index (χ1) is 14.1. The van der Waals surface area contributed by atoms with Gasteiger partial charge in [0.15, 0.2) is 18.4 Å². The van der Waals surface area contributed by atoms with Crippen molar-refractivity contribution in [2.45, 2.75) is 51.2 Å². The highest BCUT2D eigenvalue weighted by Crippen LogP contribution is 2.33. The summed E-state index contributed by atoms with van der Waals surface area (Å²) in [6.45, 7) is 2.71. The summed E-state index contributed by atoms with van der Waals surface area (Å²) in [6, 6.07) is 0. The topological polar surface area (TPSA) is 149 Å². The van der Waals surface area contributed by atoms with Crippen molar-refractivity contribution >= 4 is 23.9 Å². The van der Waals surface area contributed by atoms with E-state index < -0.39 is 60.8 Å². The first-order valence-electron chi connectivity index (χ1n) is 9.26. The lowest BCUT2D eigenvalue weighted by molar-refractivity contribution is -0.163. The molecule has 11 heteroatoms. The molecule has 0 bridgehead atoms. The van der Waals surface area contributed by atoms with Crippen LogP contribution < -0.4 is 0 Å². The molecule has 2 rings (SSSR count). The van der Waals surface area contributed by atoms with E-state index >= 15 is 0 Å². The van der Waals surface area contributed by atoms with Crippen LogP contribution in [-0.4, -0.2) is 77.2 Å². The number of aliphatic hydroxyl groups excluding tert-OH is 1. The van der Waals surface area contributed by atoms with E-state index in [1.165, 1.54) is 18.0 Å². The Balaban J connectivity index is 2.08. The van der Waals surface area contributed by atoms with Gasteiger partial charge in [-0.1, -0.05) is 13.0 Å². The Kier molecular flexibility index (Phi) is 7.95. The highest BCUT2D eigenvalue weighted by Gasteiger charge is 2.47. The fourth-order valence-electron chi connectivity index (χ4n) is 3.10. The van der Waals surface area contributed by atoms with Gasteiger partial charge in [0.2, 0.25) is 0 Å². The number of ether oxygens (including phenoxy) is 4. The first kappa shape index (κ1) is 23.4. The van der Waals surface area contributed by atoms with E-state index in [1.807, 2.05) is 0 Å². The highest BCUT2D eigenvalue weighted by molar-refractivity contribution is 5.87. The molecule has 0 aliphatic carbocycles. The second kappa shape index (κ2) is 10.2. The van der Waals surface area contributed by atoms with Crippen LogP contribution in [0.1, 0.15) is 26.7 Å². The fourth-order valence-corrected chi connectivity index (χ4v) is 3.10. The van der Waals surface area contributed by atoms with E-state index in [9.17, 15) is 29.4 Å². The van der Waals surface area contributed by atoms with Crippen molar-refractivity contribution in [1.82, 2.24) is 4.90 Å². The van der Waals surface area contributed by atoms with Crippen LogP contribution >= 0.6 is 0 Å². The number of aliphatic hydroxyl groups is 1. The molecule has 0 radical (unpaired) electrons. The molecule has 0 aromatic carbocycles. The zero-order chi connectivity index (χ0) is 22.4. The van der Waals surface area contributed by atoms with Gasteiger partial charge in [0.1, 0.15) is 12.7 Å². The van der Waals surface area contributed by atoms with Gasteiger partial charge in [0.25, 0.3) is 0 Å². The number of nitrogens with zero attached hydrogens (tertiary/aromatic N) is 1. The number of carboxylic acids is 1. The molecule has 2 aliphatic heterocycles. The number of rotatable bonds is 8. The summed E-state index contributed by atoms with van der Waals surface area (Å²) in [5.74, 6) is -3.83. The van der Waals surface area contributed by atoms with E-state index in [1.54, 1.807) is 19.2 Å². The van der Waals surface area contributed by atoms with Gasteiger partial charge in [-0.05, 0) is 0 Å². The molecule has 0 aromatic rings. The normalized spacial score (nSPS) is 26.5. The van der Waals surface area contributed by atoms with E-state index in [0.717, 1.165) is 7.11 Å². The summed E-state index contributed by atoms with van der Waals surface area (Å²) in [4.78, 5) is 47.4. The Hall–Kier alpha value is -2.92. The minimum atomic E-state index is -1.68. The lowest BCUT2D eigenvalue weighted by Gasteiger charge is -2.30. The summed E-state index contributed by atoms with van der Waals surface area (Å²) < 4.78 is 20.7. The molecule has 5 atom stereocenters. The smallest absolute Gasteiger partial charge is 0.335 e. The first-order valence-corrected chi connectivity index (χ1v) is 9.26. The second-order valence-corrected chi connectivity index (χ2v) is 6.92. The number of carbonyl (C=O) groups excluding carboxylic acids is 3. The largest absolute Gasteiger partial charge is 0.478 e. The van der Waals surface area contributed by atoms with Gasteiger partial charge in [-0.15, -0.1) is 0 Å². The van der Waals surface area contributed by atoms with Crippen molar-refractivity contribution in [3.63, 3.8) is 0 Å². The molecule has 2 aliphatic rings. The van der Waals surface area contributed by atoms with E-state index in [-0.39, 0.29) is 18.6 Å². The van der Waals surface area contributed by atoms with Gasteiger partial charge in [-0.3, -0.25) is 9.59 Å². The zero-order valence-electron chi connectivity index (χ0n) is 16.8. The summed E-state index contributed by atoms with van der Waals surface area (Å²) in [7, 11) is 1.13. The molecule has 2 N–H and O–H groups in total. The predicted octanol–water partition coefficient (Wildman–Crippen LogP) is -0.0658. The van der Waals surface area contributed by atoms with Gasteiger partial charge in [-0.2, -0.15) is 0 Å². The lowest BCUT2D eigenvalue weighted by atomic mass is 10.00. The average molecular weight is 427 g/mol. The van der Waals surface area contributed by atoms with Crippen LogP contribution in [-0.2, 0) is 38.1 Å². The van der Waals surface area contributed by atoms with Crippen LogP contribution in [0.2, 0.25) is 0 Å². The van der Waals surface area contributed by atoms with Gasteiger partial charge in [0.05, 0.1) is 19.1 Å². The van der Waals surface area contributed by atoms with Crippen molar-refractivity contribution in [3.8, 4) is 0 Å². The van der Waals surface area contributed by atoms with Gasteiger partial charge >= 0.3 is 23.9 Å². The van der Waals surface area contributed by atoms with Crippen molar-refractivity contribution < 1.29 is 48.3 Å². The predicted molar refractivity (Wildman–Crippen MR) is 98.3 cm³/mol. The molecule has 166 valence electrons. The Labute approximate surface area is 172 Å². The number of methoxy groups -OCH3 is 1. The van der Waals surface area contributed by atoms with E-state index in [4.69, 9.17) is 14.2 Å². The summed E-state index contributed by atoms with van der Waals surface area (Å²) >= 11 is 0. The third-order valence-corrected chi connectivity index (χ3v) is 4.74. The van der Waals surface area contributed by atoms with E-state index in [0.29, 0.717) is 0 Å². The maximum Gasteiger partial charge on any atom is 0.335 e. The van der Waals surface area contributed by atoms with Crippen molar-refractivity contribution in [2.75, 3.05) is 13.7 Å². The number of allylic oxidation sites excluding steroid dienone is 1. The third-order valence-electron chi connectivity index (χ3n) is 4.74. The number of hydrogen-bond donors (Lipinski definition) is 2. The van der Waals surface area contributed by atoms with Gasteiger partial charge in [-0.25, -0.2) is 9.59 Å². The Morgan fingerprint density at radius 3 is 2.63 bits per heavy atom. The minimum absolute atomic E-state index is 0.135. The summed E-state index contributed by atoms with van der Waals surface area (Å²) in [5, 5.41) is 18.9. The van der Waals surface area contributed by atoms with Crippen LogP contribution in [0.25, 0.3) is 0 Å². The Bertz CT molecular complexity index is 746. The Morgan fingerprint density at radius 1 is 1.33 bits per heavy atom. The van der Waals surface area contributed by atoms with Crippen molar-refractivity contribution in [3.05, 3.63) is 24.0 Å². The number of esters is 3. The Morgan fingerprint density at radius 2 is 2.03 bits per heavy atom. The molecular weight excluding hydrogens is 402 g/mol. The van der Waals surface area contributed by atoms with Crippen LogP contribution in [0.4, 0.5) is 0 Å².